The topological polar surface area (TPSA) is 71.6 Å². The number of anilines is 1. The Labute approximate surface area is 199 Å². The number of fused-ring (bicyclic) bond motifs is 1. The van der Waals surface area contributed by atoms with Gasteiger partial charge in [-0.25, -0.2) is 0 Å². The normalized spacial score (nSPS) is 20.0. The lowest BCUT2D eigenvalue weighted by molar-refractivity contribution is -0.137. The maximum absolute atomic E-state index is 13.1. The average Bonchev–Trinajstić information content (AvgIpc) is 3.45. The second kappa shape index (κ2) is 9.89. The minimum absolute atomic E-state index is 0. The van der Waals surface area contributed by atoms with Crippen molar-refractivity contribution in [2.45, 2.75) is 13.0 Å². The smallest absolute Gasteiger partial charge is 0.231 e. The first-order chi connectivity index (χ1) is 15.6. The van der Waals surface area contributed by atoms with E-state index in [4.69, 9.17) is 14.2 Å². The fourth-order valence-corrected chi connectivity index (χ4v) is 4.58. The predicted molar refractivity (Wildman–Crippen MR) is 125 cm³/mol. The highest BCUT2D eigenvalue weighted by atomic mass is 35.5. The van der Waals surface area contributed by atoms with Gasteiger partial charge < -0.3 is 24.0 Å². The molecule has 2 amide bonds. The highest BCUT2D eigenvalue weighted by molar-refractivity contribution is 6.00. The van der Waals surface area contributed by atoms with Gasteiger partial charge in [-0.2, -0.15) is 0 Å². The maximum Gasteiger partial charge on any atom is 0.231 e. The Kier molecular flexibility index (Phi) is 6.95. The molecule has 8 nitrogen and oxygen atoms in total. The third-order valence-electron chi connectivity index (χ3n) is 6.37. The lowest BCUT2D eigenvalue weighted by atomic mass is 10.1. The van der Waals surface area contributed by atoms with Gasteiger partial charge >= 0.3 is 0 Å². The zero-order valence-corrected chi connectivity index (χ0v) is 19.4. The van der Waals surface area contributed by atoms with Gasteiger partial charge in [0.1, 0.15) is 5.75 Å². The third kappa shape index (κ3) is 4.86. The van der Waals surface area contributed by atoms with Crippen LogP contribution in [0.25, 0.3) is 0 Å². The van der Waals surface area contributed by atoms with Crippen molar-refractivity contribution in [3.05, 3.63) is 48.0 Å². The molecule has 3 heterocycles. The van der Waals surface area contributed by atoms with Crippen LogP contribution in [0.1, 0.15) is 12.0 Å². The highest BCUT2D eigenvalue weighted by Gasteiger charge is 2.38. The fraction of sp³-hybridized carbons (Fsp3) is 0.417. The van der Waals surface area contributed by atoms with Crippen LogP contribution in [0.15, 0.2) is 42.5 Å². The van der Waals surface area contributed by atoms with Crippen molar-refractivity contribution in [2.75, 3.05) is 51.5 Å². The first-order valence-electron chi connectivity index (χ1n) is 10.9. The first kappa shape index (κ1) is 23.2. The van der Waals surface area contributed by atoms with Crippen molar-refractivity contribution in [1.29, 1.82) is 0 Å². The van der Waals surface area contributed by atoms with Crippen molar-refractivity contribution in [2.24, 2.45) is 5.92 Å². The number of rotatable bonds is 5. The molecule has 176 valence electrons. The van der Waals surface area contributed by atoms with E-state index < -0.39 is 0 Å². The molecule has 2 fully saturated rings. The maximum atomic E-state index is 13.1. The number of carbonyl (C=O) groups is 2. The van der Waals surface area contributed by atoms with Crippen molar-refractivity contribution in [3.63, 3.8) is 0 Å². The molecule has 33 heavy (non-hydrogen) atoms. The number of methoxy groups -OCH3 is 1. The number of hydrogen-bond acceptors (Lipinski definition) is 6. The lowest BCUT2D eigenvalue weighted by Gasteiger charge is -2.36. The molecule has 0 saturated carbocycles. The number of amides is 2. The first-order valence-corrected chi connectivity index (χ1v) is 10.9. The summed E-state index contributed by atoms with van der Waals surface area (Å²) in [6, 6.07) is 13.4. The molecule has 2 saturated heterocycles. The number of nitrogens with zero attached hydrogens (tertiary/aromatic N) is 3. The van der Waals surface area contributed by atoms with Gasteiger partial charge in [-0.05, 0) is 29.8 Å². The van der Waals surface area contributed by atoms with Gasteiger partial charge in [0.2, 0.25) is 18.6 Å². The number of halogens is 1. The Morgan fingerprint density at radius 3 is 2.64 bits per heavy atom. The van der Waals surface area contributed by atoms with Gasteiger partial charge in [0, 0.05) is 57.4 Å². The molecule has 3 aliphatic heterocycles. The molecule has 0 N–H and O–H groups in total. The van der Waals surface area contributed by atoms with Gasteiger partial charge in [0.25, 0.3) is 0 Å². The number of benzene rings is 2. The van der Waals surface area contributed by atoms with Crippen LogP contribution in [-0.4, -0.2) is 68.2 Å². The molecule has 2 aromatic carbocycles. The molecular weight excluding hydrogens is 446 g/mol. The molecule has 0 aliphatic carbocycles. The Morgan fingerprint density at radius 2 is 1.85 bits per heavy atom. The van der Waals surface area contributed by atoms with Gasteiger partial charge in [-0.3, -0.25) is 14.5 Å². The van der Waals surface area contributed by atoms with E-state index in [0.717, 1.165) is 36.8 Å². The van der Waals surface area contributed by atoms with Crippen molar-refractivity contribution < 1.29 is 23.8 Å². The van der Waals surface area contributed by atoms with Crippen molar-refractivity contribution in [3.8, 4) is 17.2 Å². The summed E-state index contributed by atoms with van der Waals surface area (Å²) in [7, 11) is 1.60. The molecule has 9 heteroatoms. The monoisotopic (exact) mass is 473 g/mol. The summed E-state index contributed by atoms with van der Waals surface area (Å²) in [6.45, 7) is 4.46. The van der Waals surface area contributed by atoms with E-state index in [9.17, 15) is 9.59 Å². The minimum atomic E-state index is -0.297. The standard InChI is InChI=1S/C24H27N3O5.ClH/c1-30-20-4-2-3-19(13-20)27-15-18(12-23(27)28)24(29)26-9-7-25(8-10-26)14-17-5-6-21-22(11-17)32-16-31-21;/h2-6,11,13,18H,7-10,12,14-16H2,1H3;1H. The molecule has 5 rings (SSSR count). The van der Waals surface area contributed by atoms with Crippen LogP contribution in [0, 0.1) is 5.92 Å². The number of carbonyl (C=O) groups excluding carboxylic acids is 2. The fourth-order valence-electron chi connectivity index (χ4n) is 4.58. The number of hydrogen-bond donors (Lipinski definition) is 0. The van der Waals surface area contributed by atoms with Crippen LogP contribution >= 0.6 is 12.4 Å². The molecule has 1 atom stereocenters. The minimum Gasteiger partial charge on any atom is -0.497 e. The van der Waals surface area contributed by atoms with E-state index in [1.807, 2.05) is 41.3 Å². The number of piperazine rings is 1. The van der Waals surface area contributed by atoms with Crippen LogP contribution in [0.4, 0.5) is 5.69 Å². The molecule has 0 spiro atoms. The van der Waals surface area contributed by atoms with Crippen LogP contribution in [-0.2, 0) is 16.1 Å². The molecule has 0 bridgehead atoms. The lowest BCUT2D eigenvalue weighted by Crippen LogP contribution is -2.50. The van der Waals surface area contributed by atoms with Crippen molar-refractivity contribution >= 4 is 29.9 Å². The summed E-state index contributed by atoms with van der Waals surface area (Å²) < 4.78 is 16.1. The van der Waals surface area contributed by atoms with Crippen LogP contribution in [0.2, 0.25) is 0 Å². The quantitative estimate of drug-likeness (QED) is 0.664. The number of ether oxygens (including phenoxy) is 3. The Morgan fingerprint density at radius 1 is 1.06 bits per heavy atom. The highest BCUT2D eigenvalue weighted by Crippen LogP contribution is 2.33. The molecule has 3 aliphatic rings. The molecule has 1 unspecified atom stereocenters. The van der Waals surface area contributed by atoms with Gasteiger partial charge in [-0.15, -0.1) is 12.4 Å². The summed E-state index contributed by atoms with van der Waals surface area (Å²) in [4.78, 5) is 31.6. The second-order valence-corrected chi connectivity index (χ2v) is 8.40. The van der Waals surface area contributed by atoms with E-state index >= 15 is 0 Å². The van der Waals surface area contributed by atoms with Crippen LogP contribution < -0.4 is 19.1 Å². The average molecular weight is 474 g/mol. The molecule has 2 aromatic rings. The Hall–Kier alpha value is -2.97. The van der Waals surface area contributed by atoms with E-state index in [2.05, 4.69) is 11.0 Å². The Bertz CT molecular complexity index is 1020. The SMILES string of the molecule is COc1cccc(N2CC(C(=O)N3CCN(Cc4ccc5c(c4)OCO5)CC3)CC2=O)c1.Cl. The van der Waals surface area contributed by atoms with Gasteiger partial charge in [-0.1, -0.05) is 12.1 Å². The summed E-state index contributed by atoms with van der Waals surface area (Å²) in [6.07, 6.45) is 0.257. The van der Waals surface area contributed by atoms with Crippen LogP contribution in [0.5, 0.6) is 17.2 Å². The zero-order chi connectivity index (χ0) is 22.1. The van der Waals surface area contributed by atoms with Crippen molar-refractivity contribution in [1.82, 2.24) is 9.80 Å². The predicted octanol–water partition coefficient (Wildman–Crippen LogP) is 2.54. The molecule has 0 radical (unpaired) electrons. The third-order valence-corrected chi connectivity index (χ3v) is 6.37. The second-order valence-electron chi connectivity index (χ2n) is 8.40. The van der Waals surface area contributed by atoms with Gasteiger partial charge in [0.05, 0.1) is 13.0 Å². The summed E-state index contributed by atoms with van der Waals surface area (Å²) >= 11 is 0. The summed E-state index contributed by atoms with van der Waals surface area (Å²) in [5, 5.41) is 0. The van der Waals surface area contributed by atoms with E-state index in [1.54, 1.807) is 12.0 Å². The summed E-state index contributed by atoms with van der Waals surface area (Å²) in [5.74, 6) is 2.04. The largest absolute Gasteiger partial charge is 0.497 e. The Balaban J connectivity index is 0.00000259. The zero-order valence-electron chi connectivity index (χ0n) is 18.6. The summed E-state index contributed by atoms with van der Waals surface area (Å²) in [5.41, 5.74) is 1.95. The molecular formula is C24H28ClN3O5. The van der Waals surface area contributed by atoms with E-state index in [-0.39, 0.29) is 43.4 Å². The van der Waals surface area contributed by atoms with Gasteiger partial charge in [0.15, 0.2) is 11.5 Å². The molecule has 0 aromatic heterocycles. The van der Waals surface area contributed by atoms with E-state index in [1.165, 1.54) is 5.56 Å². The van der Waals surface area contributed by atoms with Crippen LogP contribution in [0.3, 0.4) is 0 Å². The van der Waals surface area contributed by atoms with E-state index in [0.29, 0.717) is 25.4 Å².